The number of nitrogens with two attached hydrogens (primary N) is 1. The summed E-state index contributed by atoms with van der Waals surface area (Å²) in [5.41, 5.74) is 4.51. The van der Waals surface area contributed by atoms with Crippen LogP contribution in [0, 0.1) is 11.3 Å². The molecule has 122 valence electrons. The molecule has 0 aromatic heterocycles. The lowest BCUT2D eigenvalue weighted by molar-refractivity contribution is -0.187. The van der Waals surface area contributed by atoms with Crippen LogP contribution in [0.25, 0.3) is 0 Å². The minimum Gasteiger partial charge on any atom is -0.409 e. The number of amides is 1. The van der Waals surface area contributed by atoms with E-state index in [4.69, 9.17) is 10.9 Å². The standard InChI is InChI=1S/C13H22F3N3O2/c1-3-12(4-2,10(17)18-21)11(20)19-7-5-9(6-8-19)13(14,15)16/h9,21H,3-8H2,1-2H3,(H2,17,18). The molecule has 1 heterocycles. The number of hydrogen-bond donors (Lipinski definition) is 2. The highest BCUT2D eigenvalue weighted by atomic mass is 19.4. The highest BCUT2D eigenvalue weighted by Crippen LogP contribution is 2.36. The van der Waals surface area contributed by atoms with Crippen LogP contribution in [-0.4, -0.2) is 41.1 Å². The first-order valence-electron chi connectivity index (χ1n) is 7.07. The van der Waals surface area contributed by atoms with Crippen LogP contribution in [0.15, 0.2) is 5.16 Å². The van der Waals surface area contributed by atoms with Crippen LogP contribution >= 0.6 is 0 Å². The third-order valence-electron chi connectivity index (χ3n) is 4.46. The molecule has 3 N–H and O–H groups in total. The van der Waals surface area contributed by atoms with Crippen LogP contribution in [0.5, 0.6) is 0 Å². The normalized spacial score (nSPS) is 18.9. The Morgan fingerprint density at radius 2 is 1.76 bits per heavy atom. The Morgan fingerprint density at radius 1 is 1.29 bits per heavy atom. The summed E-state index contributed by atoms with van der Waals surface area (Å²) < 4.78 is 37.9. The molecule has 0 aliphatic carbocycles. The molecule has 1 amide bonds. The van der Waals surface area contributed by atoms with Crippen molar-refractivity contribution in [3.8, 4) is 0 Å². The first-order valence-corrected chi connectivity index (χ1v) is 7.07. The zero-order chi connectivity index (χ0) is 16.3. The Hall–Kier alpha value is -1.47. The molecule has 21 heavy (non-hydrogen) atoms. The van der Waals surface area contributed by atoms with Crippen molar-refractivity contribution < 1.29 is 23.2 Å². The van der Waals surface area contributed by atoms with Gasteiger partial charge in [-0.2, -0.15) is 13.2 Å². The average Bonchev–Trinajstić information content (AvgIpc) is 2.47. The van der Waals surface area contributed by atoms with Crippen molar-refractivity contribution in [2.45, 2.75) is 45.7 Å². The topological polar surface area (TPSA) is 78.9 Å². The summed E-state index contributed by atoms with van der Waals surface area (Å²) in [4.78, 5) is 14.0. The fourth-order valence-corrected chi connectivity index (χ4v) is 2.83. The lowest BCUT2D eigenvalue weighted by Gasteiger charge is -2.39. The average molecular weight is 309 g/mol. The maximum atomic E-state index is 12.6. The van der Waals surface area contributed by atoms with E-state index in [0.29, 0.717) is 12.8 Å². The number of likely N-dealkylation sites (tertiary alicyclic amines) is 1. The second-order valence-electron chi connectivity index (χ2n) is 5.38. The quantitative estimate of drug-likeness (QED) is 0.362. The largest absolute Gasteiger partial charge is 0.409 e. The summed E-state index contributed by atoms with van der Waals surface area (Å²) in [5, 5.41) is 11.8. The maximum Gasteiger partial charge on any atom is 0.391 e. The molecule has 0 aromatic carbocycles. The molecule has 0 atom stereocenters. The van der Waals surface area contributed by atoms with Crippen LogP contribution in [0.4, 0.5) is 13.2 Å². The van der Waals surface area contributed by atoms with E-state index in [-0.39, 0.29) is 37.7 Å². The van der Waals surface area contributed by atoms with Crippen molar-refractivity contribution in [1.29, 1.82) is 0 Å². The van der Waals surface area contributed by atoms with Crippen molar-refractivity contribution in [3.05, 3.63) is 0 Å². The van der Waals surface area contributed by atoms with Gasteiger partial charge in [-0.15, -0.1) is 0 Å². The van der Waals surface area contributed by atoms with Gasteiger partial charge in [0.15, 0.2) is 5.84 Å². The zero-order valence-electron chi connectivity index (χ0n) is 12.3. The molecule has 1 aliphatic heterocycles. The predicted octanol–water partition coefficient (Wildman–Crippen LogP) is 2.34. The molecule has 0 unspecified atom stereocenters. The summed E-state index contributed by atoms with van der Waals surface area (Å²) in [5.74, 6) is -1.90. The Balaban J connectivity index is 2.85. The molecule has 1 aliphatic rings. The van der Waals surface area contributed by atoms with Gasteiger partial charge in [0.1, 0.15) is 5.41 Å². The Bertz CT molecular complexity index is 398. The van der Waals surface area contributed by atoms with Crippen LogP contribution in [0.2, 0.25) is 0 Å². The first-order chi connectivity index (χ1) is 9.72. The third-order valence-corrected chi connectivity index (χ3v) is 4.46. The Morgan fingerprint density at radius 3 is 2.10 bits per heavy atom. The monoisotopic (exact) mass is 309 g/mol. The number of hydrogen-bond acceptors (Lipinski definition) is 3. The number of nitrogens with zero attached hydrogens (tertiary/aromatic N) is 2. The van der Waals surface area contributed by atoms with E-state index >= 15 is 0 Å². The lowest BCUT2D eigenvalue weighted by atomic mass is 9.79. The van der Waals surface area contributed by atoms with Crippen LogP contribution < -0.4 is 5.73 Å². The van der Waals surface area contributed by atoms with Gasteiger partial charge in [0.2, 0.25) is 5.91 Å². The summed E-state index contributed by atoms with van der Waals surface area (Å²) in [6.45, 7) is 3.57. The van der Waals surface area contributed by atoms with Gasteiger partial charge in [0.05, 0.1) is 5.92 Å². The van der Waals surface area contributed by atoms with Gasteiger partial charge in [-0.1, -0.05) is 19.0 Å². The second-order valence-corrected chi connectivity index (χ2v) is 5.38. The van der Waals surface area contributed by atoms with E-state index in [1.54, 1.807) is 13.8 Å². The van der Waals surface area contributed by atoms with Gasteiger partial charge in [0.25, 0.3) is 0 Å². The molecule has 8 heteroatoms. The van der Waals surface area contributed by atoms with Crippen molar-refractivity contribution in [2.75, 3.05) is 13.1 Å². The van der Waals surface area contributed by atoms with Gasteiger partial charge >= 0.3 is 6.18 Å². The van der Waals surface area contributed by atoms with Crippen molar-refractivity contribution in [3.63, 3.8) is 0 Å². The summed E-state index contributed by atoms with van der Waals surface area (Å²) in [7, 11) is 0. The van der Waals surface area contributed by atoms with Gasteiger partial charge in [-0.25, -0.2) is 0 Å². The zero-order valence-corrected chi connectivity index (χ0v) is 12.3. The van der Waals surface area contributed by atoms with E-state index < -0.39 is 17.5 Å². The highest BCUT2D eigenvalue weighted by Gasteiger charge is 2.46. The fraction of sp³-hybridized carbons (Fsp3) is 0.846. The van der Waals surface area contributed by atoms with Crippen LogP contribution in [-0.2, 0) is 4.79 Å². The number of oxime groups is 1. The van der Waals surface area contributed by atoms with E-state index in [0.717, 1.165) is 0 Å². The number of carbonyl (C=O) groups excluding carboxylic acids is 1. The van der Waals surface area contributed by atoms with Gasteiger partial charge in [-0.05, 0) is 25.7 Å². The highest BCUT2D eigenvalue weighted by molar-refractivity contribution is 6.06. The summed E-state index contributed by atoms with van der Waals surface area (Å²) in [6, 6.07) is 0. The number of alkyl halides is 3. The summed E-state index contributed by atoms with van der Waals surface area (Å²) >= 11 is 0. The molecule has 1 saturated heterocycles. The van der Waals surface area contributed by atoms with Crippen molar-refractivity contribution in [2.24, 2.45) is 22.2 Å². The predicted molar refractivity (Wildman–Crippen MR) is 71.8 cm³/mol. The van der Waals surface area contributed by atoms with Crippen LogP contribution in [0.3, 0.4) is 0 Å². The third kappa shape index (κ3) is 3.41. The molecule has 0 aromatic rings. The number of halogens is 3. The minimum absolute atomic E-state index is 0.0451. The molecule has 1 fully saturated rings. The number of piperidine rings is 1. The molecule has 0 spiro atoms. The molecular weight excluding hydrogens is 287 g/mol. The molecular formula is C13H22F3N3O2. The van der Waals surface area contributed by atoms with Gasteiger partial charge < -0.3 is 15.8 Å². The number of carbonyl (C=O) groups is 1. The van der Waals surface area contributed by atoms with E-state index in [2.05, 4.69) is 5.16 Å². The van der Waals surface area contributed by atoms with Crippen molar-refractivity contribution >= 4 is 11.7 Å². The molecule has 5 nitrogen and oxygen atoms in total. The SMILES string of the molecule is CCC(CC)(C(=O)N1CCC(C(F)(F)F)CC1)C(N)=NO. The maximum absolute atomic E-state index is 12.6. The molecule has 0 bridgehead atoms. The fourth-order valence-electron chi connectivity index (χ4n) is 2.83. The van der Waals surface area contributed by atoms with Gasteiger partial charge in [-0.3, -0.25) is 4.79 Å². The minimum atomic E-state index is -4.21. The first kappa shape index (κ1) is 17.6. The van der Waals surface area contributed by atoms with E-state index in [1.807, 2.05) is 0 Å². The number of rotatable bonds is 4. The Kier molecular flexibility index (Phi) is 5.47. The molecule has 0 saturated carbocycles. The van der Waals surface area contributed by atoms with Crippen LogP contribution in [0.1, 0.15) is 39.5 Å². The van der Waals surface area contributed by atoms with E-state index in [9.17, 15) is 18.0 Å². The second kappa shape index (κ2) is 6.53. The number of amidine groups is 1. The molecule has 0 radical (unpaired) electrons. The Labute approximate surface area is 122 Å². The lowest BCUT2D eigenvalue weighted by Crippen LogP contribution is -2.53. The van der Waals surface area contributed by atoms with Crippen molar-refractivity contribution in [1.82, 2.24) is 4.90 Å². The molecule has 1 rings (SSSR count). The summed E-state index contributed by atoms with van der Waals surface area (Å²) in [6.07, 6.45) is -3.76. The van der Waals surface area contributed by atoms with E-state index in [1.165, 1.54) is 4.90 Å². The van der Waals surface area contributed by atoms with Gasteiger partial charge in [0, 0.05) is 13.1 Å². The smallest absolute Gasteiger partial charge is 0.391 e.